The van der Waals surface area contributed by atoms with Crippen molar-refractivity contribution in [1.29, 1.82) is 0 Å². The quantitative estimate of drug-likeness (QED) is 0.498. The van der Waals surface area contributed by atoms with E-state index in [1.807, 2.05) is 0 Å². The van der Waals surface area contributed by atoms with Crippen molar-refractivity contribution in [1.82, 2.24) is 4.98 Å². The number of ketones is 1. The first kappa shape index (κ1) is 11.1. The molecule has 17 heavy (non-hydrogen) atoms. The van der Waals surface area contributed by atoms with Gasteiger partial charge in [-0.1, -0.05) is 12.1 Å². The minimum Gasteiger partial charge on any atom is -0.426 e. The molecule has 0 unspecified atom stereocenters. The fraction of sp³-hybridized carbons (Fsp3) is 0.0769. The molecule has 0 saturated heterocycles. The predicted molar refractivity (Wildman–Crippen MR) is 62.0 cm³/mol. The molecule has 1 aromatic carbocycles. The van der Waals surface area contributed by atoms with Crippen LogP contribution in [0.4, 0.5) is 0 Å². The van der Waals surface area contributed by atoms with E-state index in [0.717, 1.165) is 0 Å². The van der Waals surface area contributed by atoms with Crippen LogP contribution in [-0.2, 0) is 4.79 Å². The van der Waals surface area contributed by atoms with Crippen molar-refractivity contribution in [2.24, 2.45) is 0 Å². The van der Waals surface area contributed by atoms with Crippen LogP contribution >= 0.6 is 0 Å². The first-order valence-corrected chi connectivity index (χ1v) is 5.14. The number of aromatic nitrogens is 1. The Labute approximate surface area is 98.2 Å². The number of aromatic amines is 1. The summed E-state index contributed by atoms with van der Waals surface area (Å²) < 4.78 is 4.99. The van der Waals surface area contributed by atoms with Gasteiger partial charge in [0.2, 0.25) is 5.78 Å². The zero-order chi connectivity index (χ0) is 12.3. The van der Waals surface area contributed by atoms with Crippen molar-refractivity contribution in [2.75, 3.05) is 0 Å². The number of hydrogen-bond donors (Lipinski definition) is 1. The summed E-state index contributed by atoms with van der Waals surface area (Å²) in [6.07, 6.45) is 1.67. The lowest BCUT2D eigenvalue weighted by atomic mass is 10.1. The predicted octanol–water partition coefficient (Wildman–Crippen LogP) is 2.17. The van der Waals surface area contributed by atoms with Gasteiger partial charge in [-0.3, -0.25) is 9.59 Å². The van der Waals surface area contributed by atoms with Crippen LogP contribution in [0.2, 0.25) is 0 Å². The van der Waals surface area contributed by atoms with Crippen LogP contribution in [0.25, 0.3) is 0 Å². The molecule has 0 amide bonds. The summed E-state index contributed by atoms with van der Waals surface area (Å²) in [6.45, 7) is 1.30. The van der Waals surface area contributed by atoms with Crippen LogP contribution in [-0.4, -0.2) is 16.7 Å². The van der Waals surface area contributed by atoms with E-state index < -0.39 is 5.97 Å². The molecule has 86 valence electrons. The molecule has 2 aromatic rings. The number of nitrogens with one attached hydrogen (secondary N) is 1. The molecule has 0 fully saturated rings. The lowest BCUT2D eigenvalue weighted by molar-refractivity contribution is -0.131. The summed E-state index contributed by atoms with van der Waals surface area (Å²) in [4.78, 5) is 25.8. The van der Waals surface area contributed by atoms with Crippen molar-refractivity contribution >= 4 is 11.8 Å². The summed E-state index contributed by atoms with van der Waals surface area (Å²) in [6, 6.07) is 10.1. The van der Waals surface area contributed by atoms with E-state index in [-0.39, 0.29) is 11.5 Å². The molecule has 0 radical (unpaired) electrons. The van der Waals surface area contributed by atoms with Crippen molar-refractivity contribution in [3.63, 3.8) is 0 Å². The van der Waals surface area contributed by atoms with E-state index in [1.54, 1.807) is 42.6 Å². The van der Waals surface area contributed by atoms with E-state index in [0.29, 0.717) is 11.3 Å². The Morgan fingerprint density at radius 2 is 1.88 bits per heavy atom. The minimum atomic E-state index is -0.447. The van der Waals surface area contributed by atoms with Gasteiger partial charge in [0, 0.05) is 13.1 Å². The molecule has 1 N–H and O–H groups in total. The Morgan fingerprint density at radius 1 is 1.12 bits per heavy atom. The Kier molecular flexibility index (Phi) is 3.05. The Hall–Kier alpha value is -2.36. The Balaban J connectivity index is 2.38. The van der Waals surface area contributed by atoms with E-state index in [9.17, 15) is 9.59 Å². The van der Waals surface area contributed by atoms with Crippen LogP contribution in [0.1, 0.15) is 23.0 Å². The summed E-state index contributed by atoms with van der Waals surface area (Å²) in [7, 11) is 0. The lowest BCUT2D eigenvalue weighted by Crippen LogP contribution is -2.08. The summed E-state index contributed by atoms with van der Waals surface area (Å²) in [5.74, 6) is -0.372. The maximum atomic E-state index is 12.1. The summed E-state index contributed by atoms with van der Waals surface area (Å²) in [5.41, 5.74) is 0.828. The first-order valence-electron chi connectivity index (χ1n) is 5.14. The SMILES string of the molecule is CC(=O)Oc1ccccc1C(=O)c1ccc[nH]1. The van der Waals surface area contributed by atoms with Crippen molar-refractivity contribution in [2.45, 2.75) is 6.92 Å². The lowest BCUT2D eigenvalue weighted by Gasteiger charge is -2.06. The molecule has 4 heteroatoms. The third-order valence-corrected chi connectivity index (χ3v) is 2.23. The molecule has 4 nitrogen and oxygen atoms in total. The molecule has 0 bridgehead atoms. The van der Waals surface area contributed by atoms with Crippen LogP contribution in [0.5, 0.6) is 5.75 Å². The van der Waals surface area contributed by atoms with Crippen LogP contribution in [0.15, 0.2) is 42.6 Å². The van der Waals surface area contributed by atoms with E-state index in [2.05, 4.69) is 4.98 Å². The van der Waals surface area contributed by atoms with Crippen molar-refractivity contribution in [3.8, 4) is 5.75 Å². The maximum absolute atomic E-state index is 12.1. The van der Waals surface area contributed by atoms with Gasteiger partial charge in [-0.2, -0.15) is 0 Å². The second kappa shape index (κ2) is 4.65. The first-order chi connectivity index (χ1) is 8.18. The maximum Gasteiger partial charge on any atom is 0.308 e. The highest BCUT2D eigenvalue weighted by molar-refractivity contribution is 6.09. The van der Waals surface area contributed by atoms with Crippen LogP contribution in [0, 0.1) is 0 Å². The fourth-order valence-corrected chi connectivity index (χ4v) is 1.51. The minimum absolute atomic E-state index is 0.202. The largest absolute Gasteiger partial charge is 0.426 e. The number of benzene rings is 1. The number of rotatable bonds is 3. The molecule has 0 aliphatic rings. The average molecular weight is 229 g/mol. The highest BCUT2D eigenvalue weighted by Crippen LogP contribution is 2.21. The monoisotopic (exact) mass is 229 g/mol. The number of para-hydroxylation sites is 1. The number of carbonyl (C=O) groups excluding carboxylic acids is 2. The molecule has 0 saturated carbocycles. The highest BCUT2D eigenvalue weighted by Gasteiger charge is 2.15. The van der Waals surface area contributed by atoms with Crippen LogP contribution < -0.4 is 4.74 Å². The third-order valence-electron chi connectivity index (χ3n) is 2.23. The molecule has 1 aromatic heterocycles. The summed E-state index contributed by atoms with van der Waals surface area (Å²) >= 11 is 0. The van der Waals surface area contributed by atoms with Crippen molar-refractivity contribution < 1.29 is 14.3 Å². The molecule has 0 aliphatic heterocycles. The topological polar surface area (TPSA) is 59.2 Å². The van der Waals surface area contributed by atoms with Gasteiger partial charge in [0.1, 0.15) is 5.75 Å². The van der Waals surface area contributed by atoms with Crippen LogP contribution in [0.3, 0.4) is 0 Å². The smallest absolute Gasteiger partial charge is 0.308 e. The second-order valence-electron chi connectivity index (χ2n) is 3.50. The van der Waals surface area contributed by atoms with E-state index in [1.165, 1.54) is 6.92 Å². The van der Waals surface area contributed by atoms with Gasteiger partial charge in [0.25, 0.3) is 0 Å². The third kappa shape index (κ3) is 2.42. The number of carbonyl (C=O) groups is 2. The number of H-pyrrole nitrogens is 1. The average Bonchev–Trinajstić information content (AvgIpc) is 2.81. The highest BCUT2D eigenvalue weighted by atomic mass is 16.5. The van der Waals surface area contributed by atoms with Crippen molar-refractivity contribution in [3.05, 3.63) is 53.9 Å². The molecular formula is C13H11NO3. The van der Waals surface area contributed by atoms with Gasteiger partial charge in [0.15, 0.2) is 0 Å². The molecule has 0 spiro atoms. The normalized spacial score (nSPS) is 9.94. The van der Waals surface area contributed by atoms with Gasteiger partial charge in [-0.25, -0.2) is 0 Å². The van der Waals surface area contributed by atoms with E-state index >= 15 is 0 Å². The molecule has 0 aliphatic carbocycles. The standard InChI is InChI=1S/C13H11NO3/c1-9(15)17-12-7-3-2-5-10(12)13(16)11-6-4-8-14-11/h2-8,14H,1H3. The number of ether oxygens (including phenoxy) is 1. The zero-order valence-corrected chi connectivity index (χ0v) is 9.27. The number of hydrogen-bond acceptors (Lipinski definition) is 3. The molecular weight excluding hydrogens is 218 g/mol. The van der Waals surface area contributed by atoms with Gasteiger partial charge in [0.05, 0.1) is 11.3 Å². The fourth-order valence-electron chi connectivity index (χ4n) is 1.51. The Bertz CT molecular complexity index is 544. The zero-order valence-electron chi connectivity index (χ0n) is 9.27. The van der Waals surface area contributed by atoms with Gasteiger partial charge < -0.3 is 9.72 Å². The number of esters is 1. The van der Waals surface area contributed by atoms with Gasteiger partial charge >= 0.3 is 5.97 Å². The summed E-state index contributed by atoms with van der Waals surface area (Å²) in [5, 5.41) is 0. The molecule has 2 rings (SSSR count). The molecule has 1 heterocycles. The second-order valence-corrected chi connectivity index (χ2v) is 3.50. The Morgan fingerprint density at radius 3 is 2.53 bits per heavy atom. The molecule has 0 atom stereocenters. The van der Waals surface area contributed by atoms with E-state index in [4.69, 9.17) is 4.74 Å². The van der Waals surface area contributed by atoms with Gasteiger partial charge in [-0.05, 0) is 24.3 Å². The van der Waals surface area contributed by atoms with Gasteiger partial charge in [-0.15, -0.1) is 0 Å².